The van der Waals surface area contributed by atoms with Crippen LogP contribution in [0.3, 0.4) is 0 Å². The van der Waals surface area contributed by atoms with Crippen molar-refractivity contribution in [3.05, 3.63) is 138 Å². The van der Waals surface area contributed by atoms with Gasteiger partial charge in [-0.25, -0.2) is 4.98 Å². The molecule has 0 aliphatic heterocycles. The first kappa shape index (κ1) is 26.1. The summed E-state index contributed by atoms with van der Waals surface area (Å²) in [6.45, 7) is 4.50. The molecule has 10 rings (SSSR count). The Balaban J connectivity index is 1.19. The lowest BCUT2D eigenvalue weighted by Crippen LogP contribution is -2.15. The highest BCUT2D eigenvalue weighted by Crippen LogP contribution is 2.50. The molecule has 220 valence electrons. The van der Waals surface area contributed by atoms with Gasteiger partial charge in [-0.3, -0.25) is 0 Å². The lowest BCUT2D eigenvalue weighted by Gasteiger charge is -2.22. The Bertz CT molecular complexity index is 2840. The number of aromatic nitrogens is 1. The van der Waals surface area contributed by atoms with Crippen LogP contribution in [0.4, 0.5) is 0 Å². The summed E-state index contributed by atoms with van der Waals surface area (Å²) in [5.74, 6) is 0. The molecule has 0 N–H and O–H groups in total. The molecule has 3 aromatic heterocycles. The molecule has 6 aromatic carbocycles. The van der Waals surface area contributed by atoms with Crippen LogP contribution in [0.5, 0.6) is 0 Å². The summed E-state index contributed by atoms with van der Waals surface area (Å²) < 4.78 is 12.8. The Labute approximate surface area is 270 Å². The predicted octanol–water partition coefficient (Wildman–Crippen LogP) is 11.5. The predicted molar refractivity (Wildman–Crippen MR) is 189 cm³/mol. The summed E-state index contributed by atoms with van der Waals surface area (Å²) in [7, 11) is 0. The van der Waals surface area contributed by atoms with E-state index >= 15 is 0 Å². The van der Waals surface area contributed by atoms with Crippen LogP contribution >= 0.6 is 0 Å². The van der Waals surface area contributed by atoms with Crippen LogP contribution in [0, 0.1) is 11.3 Å². The molecule has 0 radical (unpaired) electrons. The number of para-hydroxylation sites is 2. The minimum atomic E-state index is -0.213. The maximum atomic E-state index is 9.55. The van der Waals surface area contributed by atoms with Crippen LogP contribution in [0.25, 0.3) is 88.3 Å². The summed E-state index contributed by atoms with van der Waals surface area (Å²) in [4.78, 5) is 5.36. The van der Waals surface area contributed by atoms with Crippen molar-refractivity contribution in [1.82, 2.24) is 4.98 Å². The van der Waals surface area contributed by atoms with Gasteiger partial charge in [-0.2, -0.15) is 5.26 Å². The fraction of sp³-hybridized carbons (Fsp3) is 0.0698. The molecule has 1 aliphatic rings. The summed E-state index contributed by atoms with van der Waals surface area (Å²) in [6.07, 6.45) is 0. The summed E-state index contributed by atoms with van der Waals surface area (Å²) >= 11 is 0. The molecule has 3 heterocycles. The molecule has 1 aliphatic carbocycles. The standard InChI is InChI=1S/C43H26N2O2/c1-43(2)34-18-24(23-44)14-16-28(34)29-17-15-26(20-35(29)43)25-8-7-9-27(19-25)41-40-31-11-4-6-13-38(31)47-42(40)33-22-39-32(21-36(33)45-41)30-10-3-5-12-37(30)46-39/h3-22H,1-2H3. The van der Waals surface area contributed by atoms with Gasteiger partial charge < -0.3 is 8.83 Å². The summed E-state index contributed by atoms with van der Waals surface area (Å²) in [5.41, 5.74) is 13.8. The minimum absolute atomic E-state index is 0.213. The molecule has 9 aromatic rings. The second-order valence-corrected chi connectivity index (χ2v) is 13.1. The molecule has 0 unspecified atom stereocenters. The molecule has 0 saturated heterocycles. The van der Waals surface area contributed by atoms with Crippen molar-refractivity contribution in [3.8, 4) is 39.6 Å². The molecule has 0 fully saturated rings. The first-order valence-electron chi connectivity index (χ1n) is 15.8. The van der Waals surface area contributed by atoms with Crippen LogP contribution in [0.2, 0.25) is 0 Å². The number of rotatable bonds is 2. The van der Waals surface area contributed by atoms with Crippen molar-refractivity contribution in [2.24, 2.45) is 0 Å². The second kappa shape index (κ2) is 9.19. The molecule has 0 amide bonds. The number of benzene rings is 6. The van der Waals surface area contributed by atoms with Crippen LogP contribution < -0.4 is 0 Å². The van der Waals surface area contributed by atoms with Crippen molar-refractivity contribution >= 4 is 54.8 Å². The molecule has 4 nitrogen and oxygen atoms in total. The largest absolute Gasteiger partial charge is 0.456 e. The van der Waals surface area contributed by atoms with Gasteiger partial charge in [-0.15, -0.1) is 0 Å². The Kier molecular flexibility index (Phi) is 5.10. The topological polar surface area (TPSA) is 63.0 Å². The van der Waals surface area contributed by atoms with E-state index in [0.717, 1.165) is 77.2 Å². The molecule has 4 heteroatoms. The van der Waals surface area contributed by atoms with Crippen LogP contribution in [-0.2, 0) is 5.41 Å². The van der Waals surface area contributed by atoms with Gasteiger partial charge in [-0.05, 0) is 81.9 Å². The van der Waals surface area contributed by atoms with Gasteiger partial charge in [0, 0.05) is 32.5 Å². The zero-order valence-electron chi connectivity index (χ0n) is 25.8. The van der Waals surface area contributed by atoms with Crippen molar-refractivity contribution in [3.63, 3.8) is 0 Å². The lowest BCUT2D eigenvalue weighted by atomic mass is 9.81. The van der Waals surface area contributed by atoms with Crippen LogP contribution in [0.1, 0.15) is 30.5 Å². The Morgan fingerprint density at radius 3 is 2.11 bits per heavy atom. The van der Waals surface area contributed by atoms with Crippen molar-refractivity contribution in [2.75, 3.05) is 0 Å². The number of nitrogens with zero attached hydrogens (tertiary/aromatic N) is 2. The van der Waals surface area contributed by atoms with Crippen LogP contribution in [0.15, 0.2) is 130 Å². The van der Waals surface area contributed by atoms with E-state index in [4.69, 9.17) is 13.8 Å². The number of furan rings is 2. The maximum Gasteiger partial charge on any atom is 0.147 e. The number of hydrogen-bond acceptors (Lipinski definition) is 4. The lowest BCUT2D eigenvalue weighted by molar-refractivity contribution is 0.660. The van der Waals surface area contributed by atoms with E-state index in [1.807, 2.05) is 48.5 Å². The zero-order chi connectivity index (χ0) is 31.4. The number of hydrogen-bond donors (Lipinski definition) is 0. The highest BCUT2D eigenvalue weighted by molar-refractivity contribution is 6.21. The van der Waals surface area contributed by atoms with Gasteiger partial charge in [0.25, 0.3) is 0 Å². The molecule has 0 spiro atoms. The van der Waals surface area contributed by atoms with Crippen molar-refractivity contribution in [1.29, 1.82) is 5.26 Å². The maximum absolute atomic E-state index is 9.55. The van der Waals surface area contributed by atoms with Crippen molar-refractivity contribution in [2.45, 2.75) is 19.3 Å². The van der Waals surface area contributed by atoms with E-state index in [2.05, 4.69) is 92.7 Å². The van der Waals surface area contributed by atoms with E-state index in [1.54, 1.807) is 0 Å². The molecular weight excluding hydrogens is 576 g/mol. The monoisotopic (exact) mass is 602 g/mol. The smallest absolute Gasteiger partial charge is 0.147 e. The molecule has 47 heavy (non-hydrogen) atoms. The molecule has 0 atom stereocenters. The minimum Gasteiger partial charge on any atom is -0.456 e. The van der Waals surface area contributed by atoms with E-state index < -0.39 is 0 Å². The molecule has 0 bridgehead atoms. The van der Waals surface area contributed by atoms with E-state index in [-0.39, 0.29) is 5.41 Å². The summed E-state index contributed by atoms with van der Waals surface area (Å²) in [5, 5.41) is 14.6. The van der Waals surface area contributed by atoms with Gasteiger partial charge in [0.05, 0.1) is 28.2 Å². The third-order valence-electron chi connectivity index (χ3n) is 10.1. The third-order valence-corrected chi connectivity index (χ3v) is 10.1. The average Bonchev–Trinajstić information content (AvgIpc) is 3.75. The number of pyridine rings is 1. The highest BCUT2D eigenvalue weighted by atomic mass is 16.3. The zero-order valence-corrected chi connectivity index (χ0v) is 25.8. The quantitative estimate of drug-likeness (QED) is 0.197. The summed E-state index contributed by atoms with van der Waals surface area (Å²) in [6, 6.07) is 44.3. The van der Waals surface area contributed by atoms with Gasteiger partial charge in [-0.1, -0.05) is 86.6 Å². The van der Waals surface area contributed by atoms with Gasteiger partial charge in [0.1, 0.15) is 22.3 Å². The Hall–Kier alpha value is -6.18. The third kappa shape index (κ3) is 3.60. The molecule has 0 saturated carbocycles. The van der Waals surface area contributed by atoms with E-state index in [1.165, 1.54) is 22.3 Å². The fourth-order valence-corrected chi connectivity index (χ4v) is 7.72. The fourth-order valence-electron chi connectivity index (χ4n) is 7.72. The first-order chi connectivity index (χ1) is 23.0. The van der Waals surface area contributed by atoms with Gasteiger partial charge >= 0.3 is 0 Å². The number of nitriles is 1. The average molecular weight is 603 g/mol. The normalized spacial score (nSPS) is 13.5. The first-order valence-corrected chi connectivity index (χ1v) is 15.8. The van der Waals surface area contributed by atoms with Gasteiger partial charge in [0.15, 0.2) is 0 Å². The SMILES string of the molecule is CC1(C)c2cc(C#N)ccc2-c2ccc(-c3cccc(-c4nc5cc6c(cc5c5oc7ccccc7c45)oc4ccccc46)c3)cc21. The second-order valence-electron chi connectivity index (χ2n) is 13.1. The van der Waals surface area contributed by atoms with Crippen LogP contribution in [-0.4, -0.2) is 4.98 Å². The van der Waals surface area contributed by atoms with E-state index in [9.17, 15) is 5.26 Å². The number of fused-ring (bicyclic) bond motifs is 11. The van der Waals surface area contributed by atoms with E-state index in [0.29, 0.717) is 5.56 Å². The Morgan fingerprint density at radius 1 is 0.574 bits per heavy atom. The molecular formula is C43H26N2O2. The van der Waals surface area contributed by atoms with Crippen molar-refractivity contribution < 1.29 is 8.83 Å². The Morgan fingerprint density at radius 2 is 1.28 bits per heavy atom. The van der Waals surface area contributed by atoms with Gasteiger partial charge in [0.2, 0.25) is 0 Å². The highest BCUT2D eigenvalue weighted by Gasteiger charge is 2.35.